The predicted molar refractivity (Wildman–Crippen MR) is 94.6 cm³/mol. The normalized spacial score (nSPS) is 22.9. The maximum absolute atomic E-state index is 12.5. The average molecular weight is 351 g/mol. The van der Waals surface area contributed by atoms with Crippen molar-refractivity contribution in [3.05, 3.63) is 23.7 Å². The lowest BCUT2D eigenvalue weighted by molar-refractivity contribution is 0.319. The summed E-state index contributed by atoms with van der Waals surface area (Å²) < 4.78 is 27.9. The Labute approximate surface area is 141 Å². The number of hydrogen-bond acceptors (Lipinski definition) is 5. The first-order valence-electron chi connectivity index (χ1n) is 8.11. The fourth-order valence-corrected chi connectivity index (χ4v) is 5.95. The number of sulfonamides is 1. The molecule has 2 aromatic heterocycles. The first-order valence-corrected chi connectivity index (χ1v) is 10.5. The lowest BCUT2D eigenvalue weighted by atomic mass is 10.1. The van der Waals surface area contributed by atoms with Crippen LogP contribution >= 0.6 is 11.3 Å². The number of pyridine rings is 1. The van der Waals surface area contributed by atoms with E-state index in [0.29, 0.717) is 0 Å². The van der Waals surface area contributed by atoms with Crippen LogP contribution in [0, 0.1) is 0 Å². The minimum absolute atomic E-state index is 0.0463. The highest BCUT2D eigenvalue weighted by atomic mass is 32.2. The van der Waals surface area contributed by atoms with Gasteiger partial charge in [0.2, 0.25) is 10.0 Å². The molecule has 0 bridgehead atoms. The van der Waals surface area contributed by atoms with E-state index in [1.165, 1.54) is 10.1 Å². The molecular weight excluding hydrogens is 330 g/mol. The second-order valence-corrected chi connectivity index (χ2v) is 9.69. The van der Waals surface area contributed by atoms with Gasteiger partial charge in [-0.15, -0.1) is 11.3 Å². The quantitative estimate of drug-likeness (QED) is 0.850. The van der Waals surface area contributed by atoms with Gasteiger partial charge in [-0.2, -0.15) is 4.31 Å². The molecule has 1 saturated carbocycles. The summed E-state index contributed by atoms with van der Waals surface area (Å²) in [5.41, 5.74) is 0. The highest BCUT2D eigenvalue weighted by Crippen LogP contribution is 2.34. The molecule has 7 heteroatoms. The van der Waals surface area contributed by atoms with Crippen molar-refractivity contribution in [2.75, 3.05) is 25.0 Å². The molecule has 2 fully saturated rings. The molecule has 1 atom stereocenters. The minimum atomic E-state index is -3.11. The molecule has 1 unspecified atom stereocenters. The molecule has 0 spiro atoms. The fraction of sp³-hybridized carbons (Fsp3) is 0.562. The van der Waals surface area contributed by atoms with Crippen molar-refractivity contribution in [2.24, 2.45) is 0 Å². The van der Waals surface area contributed by atoms with E-state index in [4.69, 9.17) is 0 Å². The zero-order valence-corrected chi connectivity index (χ0v) is 14.8. The summed E-state index contributed by atoms with van der Waals surface area (Å²) in [5, 5.41) is 3.12. The van der Waals surface area contributed by atoms with Crippen LogP contribution < -0.4 is 4.90 Å². The molecule has 0 amide bonds. The topological polar surface area (TPSA) is 53.5 Å². The molecule has 0 aromatic carbocycles. The highest BCUT2D eigenvalue weighted by molar-refractivity contribution is 7.90. The van der Waals surface area contributed by atoms with Gasteiger partial charge in [-0.1, -0.05) is 0 Å². The summed E-state index contributed by atoms with van der Waals surface area (Å²) in [4.78, 5) is 6.82. The van der Waals surface area contributed by atoms with E-state index < -0.39 is 10.0 Å². The van der Waals surface area contributed by atoms with Crippen molar-refractivity contribution >= 4 is 37.3 Å². The molecule has 1 saturated heterocycles. The van der Waals surface area contributed by atoms with E-state index in [1.807, 2.05) is 12.3 Å². The Morgan fingerprint density at radius 3 is 2.91 bits per heavy atom. The minimum Gasteiger partial charge on any atom is -0.354 e. The molecule has 23 heavy (non-hydrogen) atoms. The van der Waals surface area contributed by atoms with Crippen LogP contribution in [0.2, 0.25) is 0 Å². The smallest absolute Gasteiger partial charge is 0.217 e. The largest absolute Gasteiger partial charge is 0.354 e. The van der Waals surface area contributed by atoms with Crippen molar-refractivity contribution in [1.82, 2.24) is 9.29 Å². The van der Waals surface area contributed by atoms with Gasteiger partial charge >= 0.3 is 0 Å². The van der Waals surface area contributed by atoms with Gasteiger partial charge in [0.25, 0.3) is 0 Å². The fourth-order valence-electron chi connectivity index (χ4n) is 3.38. The molecule has 1 aliphatic heterocycles. The molecule has 1 aliphatic carbocycles. The maximum Gasteiger partial charge on any atom is 0.217 e. The molecule has 3 heterocycles. The first kappa shape index (κ1) is 15.4. The van der Waals surface area contributed by atoms with Crippen LogP contribution in [-0.2, 0) is 10.0 Å². The monoisotopic (exact) mass is 351 g/mol. The Hall–Kier alpha value is -1.18. The molecule has 124 valence electrons. The Morgan fingerprint density at radius 2 is 2.13 bits per heavy atom. The van der Waals surface area contributed by atoms with Crippen LogP contribution in [-0.4, -0.2) is 49.1 Å². The van der Waals surface area contributed by atoms with Gasteiger partial charge in [0.05, 0.1) is 5.25 Å². The van der Waals surface area contributed by atoms with Gasteiger partial charge < -0.3 is 4.90 Å². The van der Waals surface area contributed by atoms with E-state index in [-0.39, 0.29) is 11.3 Å². The lowest BCUT2D eigenvalue weighted by Gasteiger charge is -2.38. The number of aromatic nitrogens is 1. The molecule has 5 nitrogen and oxygen atoms in total. The third kappa shape index (κ3) is 2.75. The Kier molecular flexibility index (Phi) is 3.82. The predicted octanol–water partition coefficient (Wildman–Crippen LogP) is 2.69. The Morgan fingerprint density at radius 1 is 1.30 bits per heavy atom. The second-order valence-electron chi connectivity index (χ2n) is 6.47. The van der Waals surface area contributed by atoms with Crippen LogP contribution in [0.5, 0.6) is 0 Å². The van der Waals surface area contributed by atoms with E-state index >= 15 is 0 Å². The summed E-state index contributed by atoms with van der Waals surface area (Å²) in [6.07, 6.45) is 5.41. The van der Waals surface area contributed by atoms with Crippen LogP contribution in [0.1, 0.15) is 25.7 Å². The SMILES string of the molecule is CN(C1CCCN(c2nccc3sccc23)C1)S(=O)(=O)C1CC1. The zero-order valence-electron chi connectivity index (χ0n) is 13.2. The van der Waals surface area contributed by atoms with Gasteiger partial charge in [-0.3, -0.25) is 0 Å². The van der Waals surface area contributed by atoms with E-state index in [2.05, 4.69) is 21.3 Å². The van der Waals surface area contributed by atoms with Crippen molar-refractivity contribution in [1.29, 1.82) is 0 Å². The number of likely N-dealkylation sites (N-methyl/N-ethyl adjacent to an activating group) is 1. The van der Waals surface area contributed by atoms with E-state index in [9.17, 15) is 8.42 Å². The van der Waals surface area contributed by atoms with Gasteiger partial charge in [0.1, 0.15) is 5.82 Å². The molecule has 0 N–H and O–H groups in total. The number of thiophene rings is 1. The van der Waals surface area contributed by atoms with Crippen LogP contribution in [0.3, 0.4) is 0 Å². The summed E-state index contributed by atoms with van der Waals surface area (Å²) in [5.74, 6) is 0.991. The van der Waals surface area contributed by atoms with Crippen LogP contribution in [0.4, 0.5) is 5.82 Å². The second kappa shape index (κ2) is 5.72. The van der Waals surface area contributed by atoms with Crippen LogP contribution in [0.25, 0.3) is 10.1 Å². The van der Waals surface area contributed by atoms with Gasteiger partial charge in [-0.05, 0) is 43.2 Å². The van der Waals surface area contributed by atoms with Crippen molar-refractivity contribution in [3.63, 3.8) is 0 Å². The van der Waals surface area contributed by atoms with E-state index in [1.54, 1.807) is 22.7 Å². The molecule has 4 rings (SSSR count). The average Bonchev–Trinajstić information content (AvgIpc) is 3.32. The summed E-state index contributed by atoms with van der Waals surface area (Å²) >= 11 is 1.72. The number of anilines is 1. The van der Waals surface area contributed by atoms with E-state index in [0.717, 1.165) is 44.6 Å². The lowest BCUT2D eigenvalue weighted by Crippen LogP contribution is -2.49. The number of piperidine rings is 1. The number of nitrogens with zero attached hydrogens (tertiary/aromatic N) is 3. The van der Waals surface area contributed by atoms with Crippen molar-refractivity contribution < 1.29 is 8.42 Å². The maximum atomic E-state index is 12.5. The standard InChI is InChI=1S/C16H21N3O2S2/c1-18(23(20,21)13-4-5-13)12-3-2-9-19(11-12)16-14-7-10-22-15(14)6-8-17-16/h6-8,10,12-13H,2-5,9,11H2,1H3. The number of hydrogen-bond donors (Lipinski definition) is 0. The first-order chi connectivity index (χ1) is 11.1. The van der Waals surface area contributed by atoms with Crippen molar-refractivity contribution in [2.45, 2.75) is 37.0 Å². The van der Waals surface area contributed by atoms with Crippen molar-refractivity contribution in [3.8, 4) is 0 Å². The third-order valence-electron chi connectivity index (χ3n) is 4.92. The molecule has 0 radical (unpaired) electrons. The molecular formula is C16H21N3O2S2. The van der Waals surface area contributed by atoms with Gasteiger partial charge in [-0.25, -0.2) is 13.4 Å². The molecule has 2 aliphatic rings. The third-order valence-corrected chi connectivity index (χ3v) is 8.21. The van der Waals surface area contributed by atoms with Gasteiger partial charge in [0.15, 0.2) is 0 Å². The highest BCUT2D eigenvalue weighted by Gasteiger charge is 2.41. The Bertz CT molecular complexity index is 814. The summed E-state index contributed by atoms with van der Waals surface area (Å²) in [7, 11) is -1.36. The van der Waals surface area contributed by atoms with Crippen LogP contribution in [0.15, 0.2) is 23.7 Å². The van der Waals surface area contributed by atoms with Gasteiger partial charge in [0, 0.05) is 42.5 Å². The number of rotatable bonds is 4. The summed E-state index contributed by atoms with van der Waals surface area (Å²) in [6, 6.07) is 4.19. The zero-order chi connectivity index (χ0) is 16.0. The molecule has 2 aromatic rings. The number of fused-ring (bicyclic) bond motifs is 1. The Balaban J connectivity index is 1.58. The summed E-state index contributed by atoms with van der Waals surface area (Å²) in [6.45, 7) is 1.67.